The molecule has 126 valence electrons. The molecule has 5 heteroatoms. The Morgan fingerprint density at radius 3 is 2.96 bits per heavy atom. The molecule has 1 aromatic carbocycles. The van der Waals surface area contributed by atoms with E-state index in [1.165, 1.54) is 11.1 Å². The average Bonchev–Trinajstić information content (AvgIpc) is 3.14. The summed E-state index contributed by atoms with van der Waals surface area (Å²) in [5.41, 5.74) is 3.54. The van der Waals surface area contributed by atoms with Crippen molar-refractivity contribution in [2.75, 3.05) is 18.0 Å². The third-order valence-electron chi connectivity index (χ3n) is 5.06. The quantitative estimate of drug-likeness (QED) is 0.921. The lowest BCUT2D eigenvalue weighted by Crippen LogP contribution is -2.35. The lowest BCUT2D eigenvalue weighted by atomic mass is 9.93. The molecule has 0 saturated carbocycles. The monoisotopic (exact) mass is 343 g/mol. The van der Waals surface area contributed by atoms with Gasteiger partial charge in [-0.2, -0.15) is 0 Å². The smallest absolute Gasteiger partial charge is 0.140 e. The number of benzene rings is 1. The van der Waals surface area contributed by atoms with Crippen LogP contribution in [-0.4, -0.2) is 24.2 Å². The van der Waals surface area contributed by atoms with Gasteiger partial charge in [-0.05, 0) is 50.1 Å². The van der Waals surface area contributed by atoms with Gasteiger partial charge in [0.25, 0.3) is 0 Å². The van der Waals surface area contributed by atoms with Crippen LogP contribution in [0.15, 0.2) is 36.7 Å². The Balaban J connectivity index is 1.62. The Hall–Kier alpha value is -1.78. The van der Waals surface area contributed by atoms with Crippen LogP contribution < -0.4 is 15.0 Å². The van der Waals surface area contributed by atoms with E-state index in [1.807, 2.05) is 12.3 Å². The second-order valence-corrected chi connectivity index (χ2v) is 7.49. The highest BCUT2D eigenvalue weighted by molar-refractivity contribution is 6.30. The zero-order chi connectivity index (χ0) is 16.7. The number of hydrogen-bond donors (Lipinski definition) is 1. The number of fused-ring (bicyclic) bond motifs is 1. The van der Waals surface area contributed by atoms with Crippen LogP contribution in [0.1, 0.15) is 31.4 Å². The van der Waals surface area contributed by atoms with Crippen LogP contribution in [-0.2, 0) is 12.1 Å². The zero-order valence-electron chi connectivity index (χ0n) is 14.1. The Morgan fingerprint density at radius 1 is 1.29 bits per heavy atom. The van der Waals surface area contributed by atoms with Crippen LogP contribution in [0.4, 0.5) is 5.69 Å². The highest BCUT2D eigenvalue weighted by Gasteiger charge is 2.37. The van der Waals surface area contributed by atoms with Crippen LogP contribution in [0.5, 0.6) is 5.75 Å². The number of aromatic nitrogens is 1. The standard InChI is InChI=1S/C19H22ClN3O/c1-19(2)18-7-14(20)4-3-13(18)12-23(19)15-8-17(11-22-9-15)24-16-5-6-21-10-16/h3-4,7-9,11,16,21H,5-6,10,12H2,1-2H3. The summed E-state index contributed by atoms with van der Waals surface area (Å²) in [5, 5.41) is 4.11. The summed E-state index contributed by atoms with van der Waals surface area (Å²) in [6.45, 7) is 7.24. The van der Waals surface area contributed by atoms with Gasteiger partial charge in [0, 0.05) is 24.2 Å². The highest BCUT2D eigenvalue weighted by atomic mass is 35.5. The topological polar surface area (TPSA) is 37.4 Å². The molecule has 3 heterocycles. The largest absolute Gasteiger partial charge is 0.487 e. The number of nitrogens with zero attached hydrogens (tertiary/aromatic N) is 2. The first-order valence-electron chi connectivity index (χ1n) is 8.43. The summed E-state index contributed by atoms with van der Waals surface area (Å²) in [7, 11) is 0. The molecule has 4 nitrogen and oxygen atoms in total. The number of anilines is 1. The SMILES string of the molecule is CC1(C)c2cc(Cl)ccc2CN1c1cncc(OC2CCNC2)c1. The van der Waals surface area contributed by atoms with E-state index < -0.39 is 0 Å². The molecule has 4 rings (SSSR count). The molecule has 1 N–H and O–H groups in total. The highest BCUT2D eigenvalue weighted by Crippen LogP contribution is 2.43. The second kappa shape index (κ2) is 5.94. The lowest BCUT2D eigenvalue weighted by Gasteiger charge is -2.34. The maximum atomic E-state index is 6.21. The van der Waals surface area contributed by atoms with Crippen molar-refractivity contribution in [2.45, 2.75) is 38.5 Å². The second-order valence-electron chi connectivity index (χ2n) is 7.06. The van der Waals surface area contributed by atoms with Crippen molar-refractivity contribution in [3.05, 3.63) is 52.8 Å². The van der Waals surface area contributed by atoms with Gasteiger partial charge < -0.3 is 15.0 Å². The molecule has 1 atom stereocenters. The van der Waals surface area contributed by atoms with Gasteiger partial charge >= 0.3 is 0 Å². The number of pyridine rings is 1. The average molecular weight is 344 g/mol. The number of halogens is 1. The molecule has 1 fully saturated rings. The summed E-state index contributed by atoms with van der Waals surface area (Å²) >= 11 is 6.21. The van der Waals surface area contributed by atoms with Gasteiger partial charge in [0.15, 0.2) is 0 Å². The molecule has 1 unspecified atom stereocenters. The van der Waals surface area contributed by atoms with Gasteiger partial charge in [-0.15, -0.1) is 0 Å². The summed E-state index contributed by atoms with van der Waals surface area (Å²) < 4.78 is 6.07. The van der Waals surface area contributed by atoms with E-state index in [0.717, 1.165) is 42.5 Å². The predicted molar refractivity (Wildman–Crippen MR) is 96.8 cm³/mol. The first-order valence-corrected chi connectivity index (χ1v) is 8.81. The minimum atomic E-state index is -0.130. The Labute approximate surface area is 147 Å². The lowest BCUT2D eigenvalue weighted by molar-refractivity contribution is 0.222. The zero-order valence-corrected chi connectivity index (χ0v) is 14.8. The number of nitrogens with one attached hydrogen (secondary N) is 1. The molecule has 0 bridgehead atoms. The summed E-state index contributed by atoms with van der Waals surface area (Å²) in [4.78, 5) is 6.77. The summed E-state index contributed by atoms with van der Waals surface area (Å²) in [6, 6.07) is 8.26. The fraction of sp³-hybridized carbons (Fsp3) is 0.421. The van der Waals surface area contributed by atoms with E-state index in [9.17, 15) is 0 Å². The molecule has 0 radical (unpaired) electrons. The predicted octanol–water partition coefficient (Wildman–Crippen LogP) is 3.73. The first kappa shape index (κ1) is 15.7. The molecule has 0 spiro atoms. The van der Waals surface area contributed by atoms with Crippen LogP contribution in [0.25, 0.3) is 0 Å². The Kier molecular flexibility index (Phi) is 3.89. The van der Waals surface area contributed by atoms with Gasteiger partial charge in [0.1, 0.15) is 11.9 Å². The van der Waals surface area contributed by atoms with Crippen molar-refractivity contribution < 1.29 is 4.74 Å². The van der Waals surface area contributed by atoms with Gasteiger partial charge in [-0.25, -0.2) is 0 Å². The van der Waals surface area contributed by atoms with Gasteiger partial charge in [0.2, 0.25) is 0 Å². The fourth-order valence-corrected chi connectivity index (χ4v) is 3.90. The molecule has 1 aromatic heterocycles. The van der Waals surface area contributed by atoms with Gasteiger partial charge in [0.05, 0.1) is 23.6 Å². The van der Waals surface area contributed by atoms with Crippen LogP contribution in [0.3, 0.4) is 0 Å². The molecule has 2 aliphatic rings. The maximum absolute atomic E-state index is 6.21. The molecule has 24 heavy (non-hydrogen) atoms. The van der Waals surface area contributed by atoms with Crippen molar-refractivity contribution in [1.29, 1.82) is 0 Å². The molecule has 0 aliphatic carbocycles. The van der Waals surface area contributed by atoms with E-state index in [0.29, 0.717) is 0 Å². The molecular weight excluding hydrogens is 322 g/mol. The molecule has 2 aromatic rings. The third-order valence-corrected chi connectivity index (χ3v) is 5.30. The third kappa shape index (κ3) is 2.74. The summed E-state index contributed by atoms with van der Waals surface area (Å²) in [6.07, 6.45) is 5.00. The van der Waals surface area contributed by atoms with Crippen molar-refractivity contribution >= 4 is 17.3 Å². The van der Waals surface area contributed by atoms with E-state index >= 15 is 0 Å². The minimum Gasteiger partial charge on any atom is -0.487 e. The number of rotatable bonds is 3. The van der Waals surface area contributed by atoms with E-state index in [-0.39, 0.29) is 11.6 Å². The van der Waals surface area contributed by atoms with Crippen LogP contribution in [0, 0.1) is 0 Å². The van der Waals surface area contributed by atoms with Gasteiger partial charge in [-0.1, -0.05) is 17.7 Å². The van der Waals surface area contributed by atoms with Gasteiger partial charge in [-0.3, -0.25) is 4.98 Å². The van der Waals surface area contributed by atoms with E-state index in [4.69, 9.17) is 16.3 Å². The van der Waals surface area contributed by atoms with Crippen LogP contribution >= 0.6 is 11.6 Å². The Bertz CT molecular complexity index is 756. The van der Waals surface area contributed by atoms with E-state index in [1.54, 1.807) is 6.20 Å². The fourth-order valence-electron chi connectivity index (χ4n) is 3.72. The normalized spacial score (nSPS) is 21.8. The maximum Gasteiger partial charge on any atom is 0.140 e. The minimum absolute atomic E-state index is 0.130. The van der Waals surface area contributed by atoms with E-state index in [2.05, 4.69) is 47.2 Å². The van der Waals surface area contributed by atoms with Crippen molar-refractivity contribution in [3.8, 4) is 5.75 Å². The molecule has 1 saturated heterocycles. The molecule has 2 aliphatic heterocycles. The number of hydrogen-bond acceptors (Lipinski definition) is 4. The van der Waals surface area contributed by atoms with Crippen molar-refractivity contribution in [2.24, 2.45) is 0 Å². The first-order chi connectivity index (χ1) is 11.5. The molecular formula is C19H22ClN3O. The number of ether oxygens (including phenoxy) is 1. The Morgan fingerprint density at radius 2 is 2.17 bits per heavy atom. The molecule has 0 amide bonds. The van der Waals surface area contributed by atoms with Crippen molar-refractivity contribution in [1.82, 2.24) is 10.3 Å². The van der Waals surface area contributed by atoms with Crippen molar-refractivity contribution in [3.63, 3.8) is 0 Å². The summed E-state index contributed by atoms with van der Waals surface area (Å²) in [5.74, 6) is 0.839. The van der Waals surface area contributed by atoms with Crippen LogP contribution in [0.2, 0.25) is 5.02 Å².